The van der Waals surface area contributed by atoms with Gasteiger partial charge in [-0.05, 0) is 53.2 Å². The molecule has 3 aromatic rings. The van der Waals surface area contributed by atoms with Crippen molar-refractivity contribution in [3.8, 4) is 6.07 Å². The van der Waals surface area contributed by atoms with E-state index in [4.69, 9.17) is 5.26 Å². The summed E-state index contributed by atoms with van der Waals surface area (Å²) in [5.41, 5.74) is 1.76. The standard InChI is InChI=1S/C15H9FN2S/c16-12-5-10(9-17)6-14(8-12)18-13-1-2-15-11(7-13)3-4-19-15/h1-8,18H. The molecule has 4 heteroatoms. The van der Waals surface area contributed by atoms with Gasteiger partial charge in [0.15, 0.2) is 0 Å². The maximum atomic E-state index is 13.3. The van der Waals surface area contributed by atoms with Gasteiger partial charge in [0.25, 0.3) is 0 Å². The van der Waals surface area contributed by atoms with E-state index in [1.807, 2.05) is 35.7 Å². The lowest BCUT2D eigenvalue weighted by Gasteiger charge is -2.07. The molecule has 3 rings (SSSR count). The van der Waals surface area contributed by atoms with Crippen LogP contribution in [-0.2, 0) is 0 Å². The van der Waals surface area contributed by atoms with Crippen LogP contribution in [0.5, 0.6) is 0 Å². The SMILES string of the molecule is N#Cc1cc(F)cc(Nc2ccc3sccc3c2)c1. The normalized spacial score (nSPS) is 10.3. The molecule has 0 bridgehead atoms. The summed E-state index contributed by atoms with van der Waals surface area (Å²) in [5, 5.41) is 15.1. The van der Waals surface area contributed by atoms with Crippen LogP contribution in [0.4, 0.5) is 15.8 Å². The van der Waals surface area contributed by atoms with E-state index in [1.54, 1.807) is 17.4 Å². The molecular formula is C15H9FN2S. The molecule has 1 aromatic heterocycles. The maximum absolute atomic E-state index is 13.3. The van der Waals surface area contributed by atoms with Gasteiger partial charge in [0.05, 0.1) is 11.6 Å². The predicted octanol–water partition coefficient (Wildman–Crippen LogP) is 4.66. The molecule has 1 N–H and O–H groups in total. The zero-order valence-electron chi connectivity index (χ0n) is 9.85. The second-order valence-corrected chi connectivity index (χ2v) is 5.09. The van der Waals surface area contributed by atoms with Gasteiger partial charge in [0, 0.05) is 16.1 Å². The van der Waals surface area contributed by atoms with E-state index in [0.717, 1.165) is 11.1 Å². The summed E-state index contributed by atoms with van der Waals surface area (Å²) >= 11 is 1.68. The van der Waals surface area contributed by atoms with Gasteiger partial charge in [-0.25, -0.2) is 4.39 Å². The Labute approximate surface area is 113 Å². The van der Waals surface area contributed by atoms with Crippen molar-refractivity contribution in [3.63, 3.8) is 0 Å². The van der Waals surface area contributed by atoms with E-state index >= 15 is 0 Å². The Morgan fingerprint density at radius 3 is 2.79 bits per heavy atom. The second kappa shape index (κ2) is 4.71. The third kappa shape index (κ3) is 2.42. The molecule has 0 unspecified atom stereocenters. The van der Waals surface area contributed by atoms with Gasteiger partial charge in [-0.15, -0.1) is 11.3 Å². The third-order valence-corrected chi connectivity index (χ3v) is 3.67. The van der Waals surface area contributed by atoms with Crippen LogP contribution in [0.25, 0.3) is 10.1 Å². The van der Waals surface area contributed by atoms with Crippen molar-refractivity contribution in [2.24, 2.45) is 0 Å². The average Bonchev–Trinajstić information content (AvgIpc) is 2.85. The first-order valence-electron chi connectivity index (χ1n) is 5.69. The summed E-state index contributed by atoms with van der Waals surface area (Å²) in [6, 6.07) is 14.2. The molecule has 0 aliphatic heterocycles. The highest BCUT2D eigenvalue weighted by Crippen LogP contribution is 2.26. The van der Waals surface area contributed by atoms with Crippen LogP contribution < -0.4 is 5.32 Å². The Morgan fingerprint density at radius 1 is 1.05 bits per heavy atom. The van der Waals surface area contributed by atoms with Crippen molar-refractivity contribution in [1.29, 1.82) is 5.26 Å². The van der Waals surface area contributed by atoms with Crippen LogP contribution in [0, 0.1) is 17.1 Å². The van der Waals surface area contributed by atoms with Gasteiger partial charge in [-0.2, -0.15) is 5.26 Å². The Hall–Kier alpha value is -2.38. The van der Waals surface area contributed by atoms with Crippen LogP contribution >= 0.6 is 11.3 Å². The summed E-state index contributed by atoms with van der Waals surface area (Å²) in [5.74, 6) is -0.418. The highest BCUT2D eigenvalue weighted by Gasteiger charge is 2.02. The summed E-state index contributed by atoms with van der Waals surface area (Å²) in [6.07, 6.45) is 0. The lowest BCUT2D eigenvalue weighted by molar-refractivity contribution is 0.628. The van der Waals surface area contributed by atoms with Gasteiger partial charge in [-0.3, -0.25) is 0 Å². The van der Waals surface area contributed by atoms with E-state index in [2.05, 4.69) is 5.32 Å². The number of hydrogen-bond acceptors (Lipinski definition) is 3. The first kappa shape index (κ1) is 11.7. The number of nitriles is 1. The summed E-state index contributed by atoms with van der Waals surface area (Å²) in [4.78, 5) is 0. The molecule has 19 heavy (non-hydrogen) atoms. The molecule has 2 nitrogen and oxygen atoms in total. The Morgan fingerprint density at radius 2 is 1.95 bits per heavy atom. The minimum atomic E-state index is -0.418. The zero-order chi connectivity index (χ0) is 13.2. The number of fused-ring (bicyclic) bond motifs is 1. The van der Waals surface area contributed by atoms with Crippen LogP contribution in [0.3, 0.4) is 0 Å². The molecule has 0 radical (unpaired) electrons. The molecule has 0 fully saturated rings. The van der Waals surface area contributed by atoms with Gasteiger partial charge in [0.1, 0.15) is 5.82 Å². The smallest absolute Gasteiger partial charge is 0.126 e. The highest BCUT2D eigenvalue weighted by molar-refractivity contribution is 7.17. The molecule has 0 atom stereocenters. The first-order valence-corrected chi connectivity index (χ1v) is 6.57. The summed E-state index contributed by atoms with van der Waals surface area (Å²) in [7, 11) is 0. The number of nitrogens with one attached hydrogen (secondary N) is 1. The Balaban J connectivity index is 1.96. The maximum Gasteiger partial charge on any atom is 0.126 e. The predicted molar refractivity (Wildman–Crippen MR) is 76.2 cm³/mol. The van der Waals surface area contributed by atoms with Gasteiger partial charge >= 0.3 is 0 Å². The second-order valence-electron chi connectivity index (χ2n) is 4.14. The molecule has 0 spiro atoms. The molecular weight excluding hydrogens is 259 g/mol. The topological polar surface area (TPSA) is 35.8 Å². The number of thiophene rings is 1. The van der Waals surface area contributed by atoms with E-state index < -0.39 is 5.82 Å². The number of benzene rings is 2. The van der Waals surface area contributed by atoms with Crippen LogP contribution in [0.2, 0.25) is 0 Å². The van der Waals surface area contributed by atoms with Gasteiger partial charge < -0.3 is 5.32 Å². The van der Waals surface area contributed by atoms with E-state index in [9.17, 15) is 4.39 Å². The third-order valence-electron chi connectivity index (χ3n) is 2.77. The minimum absolute atomic E-state index is 0.305. The van der Waals surface area contributed by atoms with Crippen molar-refractivity contribution in [3.05, 3.63) is 59.2 Å². The van der Waals surface area contributed by atoms with Crippen LogP contribution in [0.15, 0.2) is 47.8 Å². The lowest BCUT2D eigenvalue weighted by Crippen LogP contribution is -1.92. The van der Waals surface area contributed by atoms with Crippen LogP contribution in [0.1, 0.15) is 5.56 Å². The lowest BCUT2D eigenvalue weighted by atomic mass is 10.2. The molecule has 0 saturated carbocycles. The highest BCUT2D eigenvalue weighted by atomic mass is 32.1. The number of halogens is 1. The fraction of sp³-hybridized carbons (Fsp3) is 0. The molecule has 1 heterocycles. The Kier molecular flexibility index (Phi) is 2.90. The number of anilines is 2. The minimum Gasteiger partial charge on any atom is -0.355 e. The monoisotopic (exact) mass is 268 g/mol. The van der Waals surface area contributed by atoms with Crippen molar-refractivity contribution >= 4 is 32.8 Å². The van der Waals surface area contributed by atoms with Crippen molar-refractivity contribution in [2.45, 2.75) is 0 Å². The van der Waals surface area contributed by atoms with Crippen molar-refractivity contribution < 1.29 is 4.39 Å². The van der Waals surface area contributed by atoms with Crippen molar-refractivity contribution in [1.82, 2.24) is 0 Å². The summed E-state index contributed by atoms with van der Waals surface area (Å²) < 4.78 is 14.5. The number of rotatable bonds is 2. The van der Waals surface area contributed by atoms with Gasteiger partial charge in [0.2, 0.25) is 0 Å². The molecule has 2 aromatic carbocycles. The number of hydrogen-bond donors (Lipinski definition) is 1. The van der Waals surface area contributed by atoms with E-state index in [0.29, 0.717) is 11.3 Å². The van der Waals surface area contributed by atoms with E-state index in [1.165, 1.54) is 16.8 Å². The summed E-state index contributed by atoms with van der Waals surface area (Å²) in [6.45, 7) is 0. The molecule has 0 aliphatic carbocycles. The quantitative estimate of drug-likeness (QED) is 0.734. The molecule has 0 saturated heterocycles. The average molecular weight is 268 g/mol. The van der Waals surface area contributed by atoms with Crippen molar-refractivity contribution in [2.75, 3.05) is 5.32 Å². The first-order chi connectivity index (χ1) is 9.24. The molecule has 92 valence electrons. The molecule has 0 aliphatic rings. The zero-order valence-corrected chi connectivity index (χ0v) is 10.7. The van der Waals surface area contributed by atoms with Gasteiger partial charge in [-0.1, -0.05) is 0 Å². The fourth-order valence-electron chi connectivity index (χ4n) is 1.94. The number of nitrogens with zero attached hydrogens (tertiary/aromatic N) is 1. The van der Waals surface area contributed by atoms with E-state index in [-0.39, 0.29) is 0 Å². The largest absolute Gasteiger partial charge is 0.355 e. The fourth-order valence-corrected chi connectivity index (χ4v) is 2.71. The Bertz CT molecular complexity index is 786. The van der Waals surface area contributed by atoms with Crippen LogP contribution in [-0.4, -0.2) is 0 Å². The molecule has 0 amide bonds.